The molecule has 1 aromatic carbocycles. The molecular formula is C19H22F2N2O3. The molecule has 0 unspecified atom stereocenters. The third-order valence-electron chi connectivity index (χ3n) is 4.64. The van der Waals surface area contributed by atoms with Crippen LogP contribution in [0.15, 0.2) is 22.6 Å². The van der Waals surface area contributed by atoms with Crippen molar-refractivity contribution in [3.05, 3.63) is 41.3 Å². The minimum Gasteiger partial charge on any atom is -0.466 e. The van der Waals surface area contributed by atoms with E-state index >= 15 is 0 Å². The van der Waals surface area contributed by atoms with Crippen LogP contribution in [0.4, 0.5) is 8.78 Å². The van der Waals surface area contributed by atoms with Crippen LogP contribution in [0.1, 0.15) is 31.2 Å². The molecule has 0 atom stereocenters. The lowest BCUT2D eigenvalue weighted by Gasteiger charge is -2.30. The fourth-order valence-electron chi connectivity index (χ4n) is 3.15. The molecule has 5 nitrogen and oxygen atoms in total. The van der Waals surface area contributed by atoms with Gasteiger partial charge in [0.15, 0.2) is 0 Å². The molecule has 1 fully saturated rings. The van der Waals surface area contributed by atoms with Crippen LogP contribution in [0.25, 0.3) is 11.5 Å². The van der Waals surface area contributed by atoms with Gasteiger partial charge in [-0.2, -0.15) is 0 Å². The van der Waals surface area contributed by atoms with Crippen molar-refractivity contribution in [2.24, 2.45) is 5.92 Å². The zero-order valence-corrected chi connectivity index (χ0v) is 14.9. The number of benzene rings is 1. The van der Waals surface area contributed by atoms with E-state index < -0.39 is 11.6 Å². The largest absolute Gasteiger partial charge is 0.466 e. The lowest BCUT2D eigenvalue weighted by atomic mass is 9.97. The van der Waals surface area contributed by atoms with Crippen LogP contribution in [0.2, 0.25) is 0 Å². The molecule has 1 aromatic heterocycles. The molecule has 3 rings (SSSR count). The van der Waals surface area contributed by atoms with Crippen molar-refractivity contribution in [1.29, 1.82) is 0 Å². The summed E-state index contributed by atoms with van der Waals surface area (Å²) in [6.45, 7) is 6.07. The van der Waals surface area contributed by atoms with Gasteiger partial charge < -0.3 is 9.15 Å². The van der Waals surface area contributed by atoms with E-state index in [0.29, 0.717) is 18.9 Å². The minimum absolute atomic E-state index is 0.0477. The average Bonchev–Trinajstić information content (AvgIpc) is 2.96. The summed E-state index contributed by atoms with van der Waals surface area (Å²) in [4.78, 5) is 18.4. The molecule has 1 aliphatic rings. The first-order chi connectivity index (χ1) is 12.5. The molecule has 1 saturated heterocycles. The highest BCUT2D eigenvalue weighted by atomic mass is 19.1. The maximum absolute atomic E-state index is 13.9. The van der Waals surface area contributed by atoms with Gasteiger partial charge in [-0.3, -0.25) is 9.69 Å². The molecule has 0 radical (unpaired) electrons. The smallest absolute Gasteiger partial charge is 0.309 e. The number of nitrogens with zero attached hydrogens (tertiary/aromatic N) is 2. The van der Waals surface area contributed by atoms with Gasteiger partial charge in [-0.25, -0.2) is 13.8 Å². The molecule has 2 aromatic rings. The third-order valence-corrected chi connectivity index (χ3v) is 4.64. The van der Waals surface area contributed by atoms with Gasteiger partial charge in [0, 0.05) is 12.6 Å². The number of rotatable bonds is 5. The molecule has 0 aliphatic carbocycles. The van der Waals surface area contributed by atoms with Crippen molar-refractivity contribution >= 4 is 5.97 Å². The molecule has 0 N–H and O–H groups in total. The molecule has 0 spiro atoms. The summed E-state index contributed by atoms with van der Waals surface area (Å²) in [6, 6.07) is 3.32. The number of hydrogen-bond donors (Lipinski definition) is 0. The SMILES string of the molecule is CCOC(=O)C1CCN(Cc2nc(-c3ccc(F)cc3F)oc2C)CC1. The van der Waals surface area contributed by atoms with Crippen molar-refractivity contribution in [2.45, 2.75) is 33.2 Å². The number of esters is 1. The van der Waals surface area contributed by atoms with Crippen LogP contribution in [0.3, 0.4) is 0 Å². The molecule has 0 saturated carbocycles. The van der Waals surface area contributed by atoms with Crippen LogP contribution >= 0.6 is 0 Å². The molecule has 0 bridgehead atoms. The van der Waals surface area contributed by atoms with Crippen molar-refractivity contribution in [1.82, 2.24) is 9.88 Å². The Kier molecular flexibility index (Phi) is 5.66. The Bertz CT molecular complexity index is 783. The van der Waals surface area contributed by atoms with Gasteiger partial charge in [-0.1, -0.05) is 0 Å². The van der Waals surface area contributed by atoms with Crippen molar-refractivity contribution in [3.8, 4) is 11.5 Å². The summed E-state index contributed by atoms with van der Waals surface area (Å²) in [5, 5.41) is 0. The van der Waals surface area contributed by atoms with E-state index in [2.05, 4.69) is 9.88 Å². The number of likely N-dealkylation sites (tertiary alicyclic amines) is 1. The molecule has 0 amide bonds. The topological polar surface area (TPSA) is 55.6 Å². The van der Waals surface area contributed by atoms with E-state index in [0.717, 1.165) is 37.7 Å². The summed E-state index contributed by atoms with van der Waals surface area (Å²) in [5.41, 5.74) is 0.861. The summed E-state index contributed by atoms with van der Waals surface area (Å²) in [7, 11) is 0. The van der Waals surface area contributed by atoms with E-state index in [1.165, 1.54) is 12.1 Å². The van der Waals surface area contributed by atoms with Gasteiger partial charge >= 0.3 is 5.97 Å². The average molecular weight is 364 g/mol. The monoisotopic (exact) mass is 364 g/mol. The van der Waals surface area contributed by atoms with E-state index in [4.69, 9.17) is 9.15 Å². The second kappa shape index (κ2) is 7.95. The standard InChI is InChI=1S/C19H22F2N2O3/c1-3-25-19(24)13-6-8-23(9-7-13)11-17-12(2)26-18(22-17)15-5-4-14(20)10-16(15)21/h4-5,10,13H,3,6-9,11H2,1-2H3. The quantitative estimate of drug-likeness (QED) is 0.757. The van der Waals surface area contributed by atoms with Gasteiger partial charge in [0.05, 0.1) is 23.8 Å². The van der Waals surface area contributed by atoms with Crippen LogP contribution in [0, 0.1) is 24.5 Å². The highest BCUT2D eigenvalue weighted by molar-refractivity contribution is 5.72. The zero-order chi connectivity index (χ0) is 18.7. The van der Waals surface area contributed by atoms with Crippen molar-refractivity contribution < 1.29 is 22.7 Å². The first-order valence-corrected chi connectivity index (χ1v) is 8.78. The molecular weight excluding hydrogens is 342 g/mol. The highest BCUT2D eigenvalue weighted by Crippen LogP contribution is 2.27. The predicted octanol–water partition coefficient (Wildman–Crippen LogP) is 3.70. The summed E-state index contributed by atoms with van der Waals surface area (Å²) in [6.07, 6.45) is 1.49. The molecule has 1 aliphatic heterocycles. The number of aryl methyl sites for hydroxylation is 1. The fraction of sp³-hybridized carbons (Fsp3) is 0.474. The number of carbonyl (C=O) groups is 1. The maximum Gasteiger partial charge on any atom is 0.309 e. The number of hydrogen-bond acceptors (Lipinski definition) is 5. The Morgan fingerprint density at radius 2 is 2.08 bits per heavy atom. The van der Waals surface area contributed by atoms with Crippen LogP contribution in [0.5, 0.6) is 0 Å². The minimum atomic E-state index is -0.701. The first-order valence-electron chi connectivity index (χ1n) is 8.78. The summed E-state index contributed by atoms with van der Waals surface area (Å²) >= 11 is 0. The van der Waals surface area contributed by atoms with Gasteiger partial charge in [0.2, 0.25) is 5.89 Å². The molecule has 140 valence electrons. The highest BCUT2D eigenvalue weighted by Gasteiger charge is 2.27. The number of oxazole rings is 1. The second-order valence-corrected chi connectivity index (χ2v) is 6.45. The first kappa shape index (κ1) is 18.5. The van der Waals surface area contributed by atoms with Crippen molar-refractivity contribution in [3.63, 3.8) is 0 Å². The second-order valence-electron chi connectivity index (χ2n) is 6.45. The zero-order valence-electron chi connectivity index (χ0n) is 14.9. The van der Waals surface area contributed by atoms with E-state index in [-0.39, 0.29) is 23.3 Å². The van der Waals surface area contributed by atoms with Crippen LogP contribution < -0.4 is 0 Å². The van der Waals surface area contributed by atoms with Gasteiger partial charge in [0.25, 0.3) is 0 Å². The number of halogens is 2. The number of aromatic nitrogens is 1. The third kappa shape index (κ3) is 4.09. The molecule has 26 heavy (non-hydrogen) atoms. The lowest BCUT2D eigenvalue weighted by Crippen LogP contribution is -2.36. The number of carbonyl (C=O) groups excluding carboxylic acids is 1. The van der Waals surface area contributed by atoms with Gasteiger partial charge in [-0.05, 0) is 51.9 Å². The number of ether oxygens (including phenoxy) is 1. The normalized spacial score (nSPS) is 16.0. The molecule has 2 heterocycles. The fourth-order valence-corrected chi connectivity index (χ4v) is 3.15. The van der Waals surface area contributed by atoms with E-state index in [9.17, 15) is 13.6 Å². The van der Waals surface area contributed by atoms with Crippen molar-refractivity contribution in [2.75, 3.05) is 19.7 Å². The Morgan fingerprint density at radius 1 is 1.35 bits per heavy atom. The Morgan fingerprint density at radius 3 is 2.73 bits per heavy atom. The Balaban J connectivity index is 1.65. The predicted molar refractivity (Wildman–Crippen MR) is 91.2 cm³/mol. The van der Waals surface area contributed by atoms with Gasteiger partial charge in [-0.15, -0.1) is 0 Å². The number of piperidine rings is 1. The van der Waals surface area contributed by atoms with E-state index in [1.54, 1.807) is 6.92 Å². The molecule has 7 heteroatoms. The lowest BCUT2D eigenvalue weighted by molar-refractivity contribution is -0.149. The van der Waals surface area contributed by atoms with E-state index in [1.807, 2.05) is 6.92 Å². The Labute approximate surface area is 151 Å². The maximum atomic E-state index is 13.9. The summed E-state index contributed by atoms with van der Waals surface area (Å²) < 4.78 is 37.6. The van der Waals surface area contributed by atoms with Gasteiger partial charge in [0.1, 0.15) is 17.4 Å². The van der Waals surface area contributed by atoms with Crippen LogP contribution in [-0.2, 0) is 16.1 Å². The Hall–Kier alpha value is -2.28. The summed E-state index contributed by atoms with van der Waals surface area (Å²) in [5.74, 6) is -0.757. The van der Waals surface area contributed by atoms with Crippen LogP contribution in [-0.4, -0.2) is 35.5 Å².